The van der Waals surface area contributed by atoms with Crippen molar-refractivity contribution in [1.29, 1.82) is 0 Å². The SMILES string of the molecule is O=CC1=CCC(Cc2c(Cl)cccc2I)C=C1. The number of rotatable bonds is 3. The second-order valence-corrected chi connectivity index (χ2v) is 5.65. The van der Waals surface area contributed by atoms with E-state index in [0.717, 1.165) is 29.7 Å². The van der Waals surface area contributed by atoms with E-state index in [0.29, 0.717) is 5.92 Å². The fourth-order valence-corrected chi connectivity index (χ4v) is 3.04. The second-order valence-electron chi connectivity index (χ2n) is 4.08. The summed E-state index contributed by atoms with van der Waals surface area (Å²) in [7, 11) is 0. The quantitative estimate of drug-likeness (QED) is 0.585. The molecule has 3 heteroatoms. The van der Waals surface area contributed by atoms with Gasteiger partial charge in [-0.25, -0.2) is 0 Å². The lowest BCUT2D eigenvalue weighted by Gasteiger charge is -2.16. The van der Waals surface area contributed by atoms with Gasteiger partial charge in [-0.15, -0.1) is 0 Å². The minimum atomic E-state index is 0.437. The van der Waals surface area contributed by atoms with Crippen molar-refractivity contribution in [2.24, 2.45) is 5.92 Å². The van der Waals surface area contributed by atoms with Gasteiger partial charge >= 0.3 is 0 Å². The summed E-state index contributed by atoms with van der Waals surface area (Å²) in [5, 5.41) is 0.829. The second kappa shape index (κ2) is 5.83. The topological polar surface area (TPSA) is 17.1 Å². The van der Waals surface area contributed by atoms with E-state index in [9.17, 15) is 4.79 Å². The average Bonchev–Trinajstić information content (AvgIpc) is 2.35. The van der Waals surface area contributed by atoms with E-state index in [1.807, 2.05) is 24.3 Å². The number of hydrogen-bond acceptors (Lipinski definition) is 1. The molecule has 0 fully saturated rings. The van der Waals surface area contributed by atoms with Crippen LogP contribution in [-0.2, 0) is 11.2 Å². The highest BCUT2D eigenvalue weighted by Gasteiger charge is 2.13. The molecule has 0 radical (unpaired) electrons. The van der Waals surface area contributed by atoms with Crippen LogP contribution >= 0.6 is 34.2 Å². The standard InChI is InChI=1S/C14H12ClIO/c15-13-2-1-3-14(16)12(13)8-10-4-6-11(9-17)7-5-10/h1-4,6-7,9-10H,5,8H2. The summed E-state index contributed by atoms with van der Waals surface area (Å²) in [6.07, 6.45) is 8.71. The maximum absolute atomic E-state index is 10.6. The van der Waals surface area contributed by atoms with Gasteiger partial charge in [-0.2, -0.15) is 0 Å². The van der Waals surface area contributed by atoms with Gasteiger partial charge in [-0.05, 0) is 59.0 Å². The minimum absolute atomic E-state index is 0.437. The molecule has 0 N–H and O–H groups in total. The van der Waals surface area contributed by atoms with Crippen LogP contribution in [0.4, 0.5) is 0 Å². The summed E-state index contributed by atoms with van der Waals surface area (Å²) >= 11 is 8.52. The average molecular weight is 359 g/mol. The van der Waals surface area contributed by atoms with Crippen molar-refractivity contribution in [1.82, 2.24) is 0 Å². The van der Waals surface area contributed by atoms with Crippen molar-refractivity contribution >= 4 is 40.5 Å². The van der Waals surface area contributed by atoms with Crippen LogP contribution in [0.15, 0.2) is 42.0 Å². The van der Waals surface area contributed by atoms with Crippen molar-refractivity contribution in [2.45, 2.75) is 12.8 Å². The number of carbonyl (C=O) groups excluding carboxylic acids is 1. The molecule has 2 rings (SSSR count). The molecular formula is C14H12ClIO. The van der Waals surface area contributed by atoms with E-state index in [1.54, 1.807) is 0 Å². The summed E-state index contributed by atoms with van der Waals surface area (Å²) in [5.41, 5.74) is 1.97. The van der Waals surface area contributed by atoms with Crippen LogP contribution in [0, 0.1) is 9.49 Å². The van der Waals surface area contributed by atoms with Crippen LogP contribution in [0.2, 0.25) is 5.02 Å². The Kier molecular flexibility index (Phi) is 4.40. The number of hydrogen-bond donors (Lipinski definition) is 0. The first-order chi connectivity index (χ1) is 8.20. The van der Waals surface area contributed by atoms with Crippen molar-refractivity contribution < 1.29 is 4.79 Å². The third-order valence-corrected chi connectivity index (χ3v) is 4.25. The maximum atomic E-state index is 10.6. The Morgan fingerprint density at radius 2 is 2.29 bits per heavy atom. The molecule has 0 saturated carbocycles. The monoisotopic (exact) mass is 358 g/mol. The number of benzene rings is 1. The molecule has 1 aliphatic rings. The van der Waals surface area contributed by atoms with E-state index < -0.39 is 0 Å². The summed E-state index contributed by atoms with van der Waals surface area (Å²) in [4.78, 5) is 10.6. The molecule has 88 valence electrons. The lowest BCUT2D eigenvalue weighted by atomic mass is 9.91. The summed E-state index contributed by atoms with van der Waals surface area (Å²) in [6, 6.07) is 5.97. The van der Waals surface area contributed by atoms with E-state index in [-0.39, 0.29) is 0 Å². The Balaban J connectivity index is 2.11. The molecular weight excluding hydrogens is 347 g/mol. The van der Waals surface area contributed by atoms with Crippen LogP contribution in [0.1, 0.15) is 12.0 Å². The molecule has 0 spiro atoms. The van der Waals surface area contributed by atoms with Crippen molar-refractivity contribution in [3.63, 3.8) is 0 Å². The molecule has 0 aliphatic heterocycles. The van der Waals surface area contributed by atoms with Crippen LogP contribution in [0.5, 0.6) is 0 Å². The van der Waals surface area contributed by atoms with Gasteiger partial charge in [0.15, 0.2) is 0 Å². The lowest BCUT2D eigenvalue weighted by molar-refractivity contribution is -0.104. The van der Waals surface area contributed by atoms with Gasteiger partial charge in [0.1, 0.15) is 6.29 Å². The summed E-state index contributed by atoms with van der Waals surface area (Å²) in [6.45, 7) is 0. The fourth-order valence-electron chi connectivity index (χ4n) is 1.91. The van der Waals surface area contributed by atoms with Crippen LogP contribution in [-0.4, -0.2) is 6.29 Å². The lowest BCUT2D eigenvalue weighted by Crippen LogP contribution is -2.06. The smallest absolute Gasteiger partial charge is 0.149 e. The van der Waals surface area contributed by atoms with Gasteiger partial charge in [0.05, 0.1) is 0 Å². The van der Waals surface area contributed by atoms with Crippen molar-refractivity contribution in [2.75, 3.05) is 0 Å². The molecule has 1 aromatic carbocycles. The first-order valence-corrected chi connectivity index (χ1v) is 6.93. The van der Waals surface area contributed by atoms with Gasteiger partial charge < -0.3 is 0 Å². The van der Waals surface area contributed by atoms with Gasteiger partial charge in [-0.3, -0.25) is 4.79 Å². The molecule has 0 amide bonds. The third-order valence-electron chi connectivity index (χ3n) is 2.88. The highest BCUT2D eigenvalue weighted by molar-refractivity contribution is 14.1. The van der Waals surface area contributed by atoms with Gasteiger partial charge in [0.25, 0.3) is 0 Å². The van der Waals surface area contributed by atoms with Crippen LogP contribution < -0.4 is 0 Å². The highest BCUT2D eigenvalue weighted by atomic mass is 127. The van der Waals surface area contributed by atoms with E-state index in [1.165, 1.54) is 9.13 Å². The first kappa shape index (κ1) is 12.8. The largest absolute Gasteiger partial charge is 0.298 e. The Morgan fingerprint density at radius 1 is 1.47 bits per heavy atom. The Labute approximate surface area is 120 Å². The highest BCUT2D eigenvalue weighted by Crippen LogP contribution is 2.27. The summed E-state index contributed by atoms with van der Waals surface area (Å²) in [5.74, 6) is 0.437. The Morgan fingerprint density at radius 3 is 2.88 bits per heavy atom. The predicted octanol–water partition coefficient (Wildman–Crippen LogP) is 4.19. The van der Waals surface area contributed by atoms with Crippen molar-refractivity contribution in [3.05, 3.63) is 56.2 Å². The zero-order chi connectivity index (χ0) is 12.3. The van der Waals surface area contributed by atoms with Gasteiger partial charge in [0.2, 0.25) is 0 Å². The molecule has 1 atom stereocenters. The summed E-state index contributed by atoms with van der Waals surface area (Å²) < 4.78 is 1.20. The number of allylic oxidation sites excluding steroid dienone is 4. The maximum Gasteiger partial charge on any atom is 0.149 e. The number of aldehydes is 1. The molecule has 1 unspecified atom stereocenters. The van der Waals surface area contributed by atoms with Crippen LogP contribution in [0.3, 0.4) is 0 Å². The number of halogens is 2. The number of carbonyl (C=O) groups is 1. The zero-order valence-electron chi connectivity index (χ0n) is 9.20. The first-order valence-electron chi connectivity index (χ1n) is 5.47. The van der Waals surface area contributed by atoms with Gasteiger partial charge in [-0.1, -0.05) is 35.9 Å². The molecule has 17 heavy (non-hydrogen) atoms. The molecule has 1 aliphatic carbocycles. The fraction of sp³-hybridized carbons (Fsp3) is 0.214. The van der Waals surface area contributed by atoms with E-state index in [2.05, 4.69) is 34.7 Å². The molecule has 0 heterocycles. The molecule has 0 aromatic heterocycles. The molecule has 0 bridgehead atoms. The van der Waals surface area contributed by atoms with Gasteiger partial charge in [0, 0.05) is 14.2 Å². The Hall–Kier alpha value is -0.610. The predicted molar refractivity (Wildman–Crippen MR) is 79.3 cm³/mol. The van der Waals surface area contributed by atoms with Crippen LogP contribution in [0.25, 0.3) is 0 Å². The Bertz CT molecular complexity index is 471. The zero-order valence-corrected chi connectivity index (χ0v) is 12.1. The van der Waals surface area contributed by atoms with E-state index in [4.69, 9.17) is 11.6 Å². The minimum Gasteiger partial charge on any atom is -0.298 e. The van der Waals surface area contributed by atoms with E-state index >= 15 is 0 Å². The molecule has 1 nitrogen and oxygen atoms in total. The molecule has 1 aromatic rings. The molecule has 0 saturated heterocycles. The third kappa shape index (κ3) is 3.19. The normalized spacial score (nSPS) is 18.9. The van der Waals surface area contributed by atoms with Crippen molar-refractivity contribution in [3.8, 4) is 0 Å².